The first-order valence-corrected chi connectivity index (χ1v) is 9.69. The normalized spacial score (nSPS) is 16.5. The van der Waals surface area contributed by atoms with Crippen LogP contribution in [0, 0.1) is 0 Å². The number of ether oxygens (including phenoxy) is 1. The summed E-state index contributed by atoms with van der Waals surface area (Å²) in [5.41, 5.74) is 0. The van der Waals surface area contributed by atoms with Crippen molar-refractivity contribution in [3.8, 4) is 0 Å². The van der Waals surface area contributed by atoms with Gasteiger partial charge >= 0.3 is 0 Å². The second-order valence-electron chi connectivity index (χ2n) is 4.87. The zero-order chi connectivity index (χ0) is 15.5. The van der Waals surface area contributed by atoms with Gasteiger partial charge in [-0.2, -0.15) is 0 Å². The molecule has 0 amide bonds. The summed E-state index contributed by atoms with van der Waals surface area (Å²) in [6.07, 6.45) is 4.73. The maximum absolute atomic E-state index is 12.2. The molecule has 0 heterocycles. The highest BCUT2D eigenvalue weighted by Gasteiger charge is 2.22. The van der Waals surface area contributed by atoms with E-state index >= 15 is 0 Å². The molecule has 0 unspecified atom stereocenters. The Morgan fingerprint density at radius 1 is 1.24 bits per heavy atom. The zero-order valence-electron chi connectivity index (χ0n) is 11.2. The van der Waals surface area contributed by atoms with Crippen LogP contribution in [0.4, 0.5) is 0 Å². The molecule has 21 heavy (non-hydrogen) atoms. The number of benzene rings is 1. The number of rotatable bonds is 6. The van der Waals surface area contributed by atoms with Crippen LogP contribution in [-0.2, 0) is 14.8 Å². The summed E-state index contributed by atoms with van der Waals surface area (Å²) in [5.74, 6) is 0. The van der Waals surface area contributed by atoms with E-state index in [-0.39, 0.29) is 27.6 Å². The van der Waals surface area contributed by atoms with Gasteiger partial charge in [-0.3, -0.25) is 0 Å². The van der Waals surface area contributed by atoms with Crippen LogP contribution in [0.15, 0.2) is 21.5 Å². The third-order valence-electron chi connectivity index (χ3n) is 3.28. The summed E-state index contributed by atoms with van der Waals surface area (Å²) < 4.78 is 33.2. The molecular formula is C13H16BrCl2NO3S. The van der Waals surface area contributed by atoms with Gasteiger partial charge in [0.1, 0.15) is 4.90 Å². The van der Waals surface area contributed by atoms with Crippen LogP contribution in [0.2, 0.25) is 10.0 Å². The van der Waals surface area contributed by atoms with Crippen LogP contribution in [0.3, 0.4) is 0 Å². The first kappa shape index (κ1) is 17.5. The molecule has 0 spiro atoms. The monoisotopic (exact) mass is 415 g/mol. The highest BCUT2D eigenvalue weighted by atomic mass is 79.9. The van der Waals surface area contributed by atoms with E-state index in [2.05, 4.69) is 20.7 Å². The third kappa shape index (κ3) is 4.81. The predicted molar refractivity (Wildman–Crippen MR) is 87.6 cm³/mol. The molecule has 0 aromatic heterocycles. The number of hydrogen-bond acceptors (Lipinski definition) is 3. The maximum atomic E-state index is 12.2. The molecule has 4 nitrogen and oxygen atoms in total. The van der Waals surface area contributed by atoms with Crippen molar-refractivity contribution in [3.63, 3.8) is 0 Å². The molecule has 2 rings (SSSR count). The van der Waals surface area contributed by atoms with Gasteiger partial charge in [0.25, 0.3) is 0 Å². The molecule has 0 radical (unpaired) electrons. The van der Waals surface area contributed by atoms with Crippen molar-refractivity contribution < 1.29 is 13.2 Å². The van der Waals surface area contributed by atoms with Gasteiger partial charge in [0.05, 0.1) is 22.8 Å². The average molecular weight is 417 g/mol. The Morgan fingerprint density at radius 2 is 1.81 bits per heavy atom. The van der Waals surface area contributed by atoms with Gasteiger partial charge in [-0.15, -0.1) is 0 Å². The van der Waals surface area contributed by atoms with E-state index in [4.69, 9.17) is 27.9 Å². The van der Waals surface area contributed by atoms with E-state index in [9.17, 15) is 8.42 Å². The van der Waals surface area contributed by atoms with Crippen LogP contribution in [-0.4, -0.2) is 27.7 Å². The van der Waals surface area contributed by atoms with Gasteiger partial charge in [-0.05, 0) is 25.0 Å². The minimum Gasteiger partial charge on any atom is -0.377 e. The Hall–Kier alpha value is 0.150. The van der Waals surface area contributed by atoms with E-state index < -0.39 is 10.0 Å². The highest BCUT2D eigenvalue weighted by Crippen LogP contribution is 2.32. The van der Waals surface area contributed by atoms with Gasteiger partial charge in [0.15, 0.2) is 0 Å². The second-order valence-corrected chi connectivity index (χ2v) is 8.31. The molecule has 0 saturated heterocycles. The molecular weight excluding hydrogens is 401 g/mol. The standard InChI is InChI=1S/C13H16BrCl2NO3S/c14-9-7-11(15)13(12(16)8-9)21(18,19)17-5-6-20-10-3-1-2-4-10/h7-8,10,17H,1-6H2. The van der Waals surface area contributed by atoms with Crippen molar-refractivity contribution in [2.24, 2.45) is 0 Å². The van der Waals surface area contributed by atoms with Gasteiger partial charge in [0.2, 0.25) is 10.0 Å². The number of halogens is 3. The Balaban J connectivity index is 1.95. The third-order valence-corrected chi connectivity index (χ3v) is 6.12. The molecule has 1 N–H and O–H groups in total. The Morgan fingerprint density at radius 3 is 2.38 bits per heavy atom. The average Bonchev–Trinajstić information content (AvgIpc) is 2.86. The molecule has 1 aromatic carbocycles. The molecule has 0 atom stereocenters. The molecule has 1 aliphatic rings. The first-order chi connectivity index (χ1) is 9.90. The minimum absolute atomic E-state index is 0.0820. The predicted octanol–water partition coefficient (Wildman–Crippen LogP) is 3.99. The maximum Gasteiger partial charge on any atom is 0.243 e. The van der Waals surface area contributed by atoms with Gasteiger partial charge in [0, 0.05) is 11.0 Å². The lowest BCUT2D eigenvalue weighted by Crippen LogP contribution is -2.29. The lowest BCUT2D eigenvalue weighted by Gasteiger charge is -2.13. The number of nitrogens with one attached hydrogen (secondary N) is 1. The molecule has 1 aromatic rings. The van der Waals surface area contributed by atoms with E-state index in [1.54, 1.807) is 0 Å². The lowest BCUT2D eigenvalue weighted by molar-refractivity contribution is 0.0626. The second kappa shape index (κ2) is 7.62. The molecule has 8 heteroatoms. The van der Waals surface area contributed by atoms with Crippen molar-refractivity contribution in [2.45, 2.75) is 36.7 Å². The zero-order valence-corrected chi connectivity index (χ0v) is 15.2. The van der Waals surface area contributed by atoms with Crippen LogP contribution in [0.5, 0.6) is 0 Å². The quantitative estimate of drug-likeness (QED) is 0.713. The van der Waals surface area contributed by atoms with Gasteiger partial charge < -0.3 is 4.74 Å². The van der Waals surface area contributed by atoms with E-state index in [1.807, 2.05) is 0 Å². The van der Waals surface area contributed by atoms with Crippen LogP contribution in [0.25, 0.3) is 0 Å². The van der Waals surface area contributed by atoms with E-state index in [1.165, 1.54) is 25.0 Å². The Labute approximate surface area is 143 Å². The first-order valence-electron chi connectivity index (χ1n) is 6.66. The van der Waals surface area contributed by atoms with E-state index in [0.29, 0.717) is 11.1 Å². The number of hydrogen-bond donors (Lipinski definition) is 1. The summed E-state index contributed by atoms with van der Waals surface area (Å²) in [7, 11) is -3.75. The fraction of sp³-hybridized carbons (Fsp3) is 0.538. The van der Waals surface area contributed by atoms with Crippen molar-refractivity contribution >= 4 is 49.2 Å². The van der Waals surface area contributed by atoms with E-state index in [0.717, 1.165) is 12.8 Å². The largest absolute Gasteiger partial charge is 0.377 e. The number of sulfonamides is 1. The summed E-state index contributed by atoms with van der Waals surface area (Å²) in [6.45, 7) is 0.539. The van der Waals surface area contributed by atoms with Crippen LogP contribution < -0.4 is 4.72 Å². The van der Waals surface area contributed by atoms with Gasteiger partial charge in [-0.1, -0.05) is 52.0 Å². The fourth-order valence-electron chi connectivity index (χ4n) is 2.31. The Kier molecular flexibility index (Phi) is 6.35. The van der Waals surface area contributed by atoms with Crippen LogP contribution >= 0.6 is 39.1 Å². The van der Waals surface area contributed by atoms with Crippen LogP contribution in [0.1, 0.15) is 25.7 Å². The minimum atomic E-state index is -3.75. The molecule has 1 saturated carbocycles. The summed E-state index contributed by atoms with van der Waals surface area (Å²) in [5, 5.41) is 0.164. The summed E-state index contributed by atoms with van der Waals surface area (Å²) in [6, 6.07) is 2.99. The van der Waals surface area contributed by atoms with Gasteiger partial charge in [-0.25, -0.2) is 13.1 Å². The van der Waals surface area contributed by atoms with Crippen molar-refractivity contribution in [3.05, 3.63) is 26.7 Å². The topological polar surface area (TPSA) is 55.4 Å². The van der Waals surface area contributed by atoms with Crippen molar-refractivity contribution in [1.82, 2.24) is 4.72 Å². The summed E-state index contributed by atoms with van der Waals surface area (Å²) in [4.78, 5) is -0.102. The molecule has 118 valence electrons. The lowest BCUT2D eigenvalue weighted by atomic mass is 10.3. The molecule has 0 bridgehead atoms. The molecule has 1 fully saturated rings. The highest BCUT2D eigenvalue weighted by molar-refractivity contribution is 9.10. The molecule has 1 aliphatic carbocycles. The fourth-order valence-corrected chi connectivity index (χ4v) is 5.26. The van der Waals surface area contributed by atoms with Crippen molar-refractivity contribution in [2.75, 3.05) is 13.2 Å². The molecule has 0 aliphatic heterocycles. The smallest absolute Gasteiger partial charge is 0.243 e. The summed E-state index contributed by atoms with van der Waals surface area (Å²) >= 11 is 15.2. The Bertz CT molecular complexity index is 580. The van der Waals surface area contributed by atoms with Crippen molar-refractivity contribution in [1.29, 1.82) is 0 Å². The SMILES string of the molecule is O=S(=O)(NCCOC1CCCC1)c1c(Cl)cc(Br)cc1Cl.